The van der Waals surface area contributed by atoms with Gasteiger partial charge in [0.2, 0.25) is 0 Å². The third-order valence-corrected chi connectivity index (χ3v) is 8.52. The van der Waals surface area contributed by atoms with Gasteiger partial charge in [0.05, 0.1) is 21.1 Å². The van der Waals surface area contributed by atoms with E-state index in [1.807, 2.05) is 109 Å². The second-order valence-corrected chi connectivity index (χ2v) is 11.5. The molecule has 2 aromatic heterocycles. The number of carbonyl (C=O) groups is 1. The van der Waals surface area contributed by atoms with Crippen LogP contribution in [-0.4, -0.2) is 15.8 Å². The quantitative estimate of drug-likeness (QED) is 0.199. The zero-order valence-electron chi connectivity index (χ0n) is 21.6. The number of thiazole rings is 2. The fourth-order valence-electron chi connectivity index (χ4n) is 4.90. The lowest BCUT2D eigenvalue weighted by atomic mass is 9.94. The largest absolute Gasteiger partial charge is 0.375 e. The summed E-state index contributed by atoms with van der Waals surface area (Å²) in [6.45, 7) is 0. The van der Waals surface area contributed by atoms with E-state index in [-0.39, 0.29) is 5.78 Å². The van der Waals surface area contributed by atoms with Crippen LogP contribution in [0.1, 0.15) is 11.1 Å². The minimum absolute atomic E-state index is 0.123. The SMILES string of the molecule is Nc1nc(-c2ccccc2)c(-c2ccccc2CC(=O)Cc2ccccc2-c2sc(N)nc2-c2ccccc2)s1. The Kier molecular flexibility index (Phi) is 7.23. The van der Waals surface area contributed by atoms with Gasteiger partial charge in [-0.25, -0.2) is 9.97 Å². The lowest BCUT2D eigenvalue weighted by Crippen LogP contribution is -2.08. The number of benzene rings is 4. The molecule has 0 bridgehead atoms. The van der Waals surface area contributed by atoms with E-state index < -0.39 is 0 Å². The van der Waals surface area contributed by atoms with E-state index in [4.69, 9.17) is 11.5 Å². The molecule has 5 nitrogen and oxygen atoms in total. The molecule has 0 aliphatic carbocycles. The molecular formula is C33H26N4OS2. The van der Waals surface area contributed by atoms with Crippen LogP contribution in [0.5, 0.6) is 0 Å². The number of nitrogens with zero attached hydrogens (tertiary/aromatic N) is 2. The number of hydrogen-bond acceptors (Lipinski definition) is 7. The highest BCUT2D eigenvalue weighted by Crippen LogP contribution is 2.41. The molecule has 6 rings (SSSR count). The molecular weight excluding hydrogens is 533 g/mol. The van der Waals surface area contributed by atoms with Crippen molar-refractivity contribution in [3.63, 3.8) is 0 Å². The van der Waals surface area contributed by atoms with Crippen molar-refractivity contribution in [2.75, 3.05) is 11.5 Å². The molecule has 0 atom stereocenters. The highest BCUT2D eigenvalue weighted by molar-refractivity contribution is 7.19. The predicted octanol–water partition coefficient (Wildman–Crippen LogP) is 7.79. The molecule has 0 radical (unpaired) electrons. The monoisotopic (exact) mass is 558 g/mol. The molecule has 4 aromatic carbocycles. The first-order valence-corrected chi connectivity index (χ1v) is 14.5. The molecule has 4 N–H and O–H groups in total. The van der Waals surface area contributed by atoms with Crippen LogP contribution in [0.15, 0.2) is 109 Å². The molecule has 2 heterocycles. The van der Waals surface area contributed by atoms with Gasteiger partial charge in [0, 0.05) is 24.0 Å². The van der Waals surface area contributed by atoms with E-state index in [2.05, 4.69) is 9.97 Å². The summed E-state index contributed by atoms with van der Waals surface area (Å²) in [4.78, 5) is 24.8. The molecule has 40 heavy (non-hydrogen) atoms. The Bertz CT molecular complexity index is 1660. The number of nitrogens with two attached hydrogens (primary N) is 2. The lowest BCUT2D eigenvalue weighted by molar-refractivity contribution is -0.117. The molecule has 0 aliphatic heterocycles. The lowest BCUT2D eigenvalue weighted by Gasteiger charge is -2.12. The number of Topliss-reactive ketones (excluding diaryl/α,β-unsaturated/α-hetero) is 1. The van der Waals surface area contributed by atoms with Crippen LogP contribution in [0, 0.1) is 0 Å². The van der Waals surface area contributed by atoms with Crippen LogP contribution in [0.25, 0.3) is 43.4 Å². The normalized spacial score (nSPS) is 11.0. The summed E-state index contributed by atoms with van der Waals surface area (Å²) >= 11 is 2.89. The molecule has 0 fully saturated rings. The van der Waals surface area contributed by atoms with Gasteiger partial charge in [-0.1, -0.05) is 132 Å². The number of carbonyl (C=O) groups excluding carboxylic acids is 1. The number of rotatable bonds is 8. The van der Waals surface area contributed by atoms with Crippen LogP contribution < -0.4 is 11.5 Å². The second kappa shape index (κ2) is 11.3. The Morgan fingerprint density at radius 1 is 0.550 bits per heavy atom. The van der Waals surface area contributed by atoms with Crippen molar-refractivity contribution < 1.29 is 4.79 Å². The second-order valence-electron chi connectivity index (χ2n) is 9.40. The average molecular weight is 559 g/mol. The highest BCUT2D eigenvalue weighted by atomic mass is 32.1. The molecule has 0 amide bonds. The van der Waals surface area contributed by atoms with Gasteiger partial charge in [-0.3, -0.25) is 4.79 Å². The fourth-order valence-corrected chi connectivity index (χ4v) is 6.73. The van der Waals surface area contributed by atoms with Crippen molar-refractivity contribution in [2.45, 2.75) is 12.8 Å². The highest BCUT2D eigenvalue weighted by Gasteiger charge is 2.20. The van der Waals surface area contributed by atoms with Gasteiger partial charge in [0.15, 0.2) is 10.3 Å². The van der Waals surface area contributed by atoms with Crippen molar-refractivity contribution in [2.24, 2.45) is 0 Å². The first-order chi connectivity index (χ1) is 19.6. The van der Waals surface area contributed by atoms with Gasteiger partial charge in [0.25, 0.3) is 0 Å². The van der Waals surface area contributed by atoms with E-state index in [1.54, 1.807) is 0 Å². The number of ketones is 1. The molecule has 196 valence electrons. The molecule has 7 heteroatoms. The zero-order valence-corrected chi connectivity index (χ0v) is 23.2. The predicted molar refractivity (Wildman–Crippen MR) is 167 cm³/mol. The Balaban J connectivity index is 1.31. The van der Waals surface area contributed by atoms with Crippen LogP contribution in [0.4, 0.5) is 10.3 Å². The molecule has 0 aliphatic rings. The smallest absolute Gasteiger partial charge is 0.181 e. The van der Waals surface area contributed by atoms with Crippen molar-refractivity contribution in [3.05, 3.63) is 120 Å². The Labute approximate surface area is 240 Å². The van der Waals surface area contributed by atoms with Gasteiger partial charge >= 0.3 is 0 Å². The summed E-state index contributed by atoms with van der Waals surface area (Å²) < 4.78 is 0. The van der Waals surface area contributed by atoms with E-state index in [9.17, 15) is 4.79 Å². The number of aromatic nitrogens is 2. The van der Waals surface area contributed by atoms with Gasteiger partial charge in [-0.2, -0.15) is 0 Å². The number of anilines is 2. The summed E-state index contributed by atoms with van der Waals surface area (Å²) in [5, 5.41) is 1.00. The Morgan fingerprint density at radius 2 is 0.925 bits per heavy atom. The summed E-state index contributed by atoms with van der Waals surface area (Å²) in [5.41, 5.74) is 19.9. The topological polar surface area (TPSA) is 94.9 Å². The average Bonchev–Trinajstić information content (AvgIpc) is 3.57. The Morgan fingerprint density at radius 3 is 1.35 bits per heavy atom. The number of nitrogen functional groups attached to an aromatic ring is 2. The molecule has 0 unspecified atom stereocenters. The maximum Gasteiger partial charge on any atom is 0.181 e. The summed E-state index contributed by atoms with van der Waals surface area (Å²) in [7, 11) is 0. The summed E-state index contributed by atoms with van der Waals surface area (Å²) in [6, 6.07) is 36.1. The standard InChI is InChI=1S/C33H26N4OS2/c34-32-36-28(21-11-3-1-4-12-21)30(39-32)26-17-9-7-15-23(26)19-25(38)20-24-16-8-10-18-27(24)31-29(37-33(35)40-31)22-13-5-2-6-14-22/h1-18H,19-20H2,(H2,34,36)(H2,35,37). The summed E-state index contributed by atoms with van der Waals surface area (Å²) in [5.74, 6) is 0.123. The van der Waals surface area contributed by atoms with E-state index in [1.165, 1.54) is 22.7 Å². The van der Waals surface area contributed by atoms with Crippen LogP contribution in [-0.2, 0) is 17.6 Å². The molecule has 0 saturated heterocycles. The minimum Gasteiger partial charge on any atom is -0.375 e. The van der Waals surface area contributed by atoms with Crippen molar-refractivity contribution in [1.29, 1.82) is 0 Å². The van der Waals surface area contributed by atoms with Crippen molar-refractivity contribution in [1.82, 2.24) is 9.97 Å². The van der Waals surface area contributed by atoms with Gasteiger partial charge < -0.3 is 11.5 Å². The van der Waals surface area contributed by atoms with Crippen LogP contribution in [0.3, 0.4) is 0 Å². The van der Waals surface area contributed by atoms with Gasteiger partial charge in [0.1, 0.15) is 5.78 Å². The molecule has 0 spiro atoms. The summed E-state index contributed by atoms with van der Waals surface area (Å²) in [6.07, 6.45) is 0.597. The molecule has 6 aromatic rings. The third-order valence-electron chi connectivity index (χ3n) is 6.68. The van der Waals surface area contributed by atoms with Crippen LogP contribution in [0.2, 0.25) is 0 Å². The maximum absolute atomic E-state index is 13.6. The fraction of sp³-hybridized carbons (Fsp3) is 0.0606. The molecule has 0 saturated carbocycles. The van der Waals surface area contributed by atoms with E-state index in [0.29, 0.717) is 23.1 Å². The first-order valence-electron chi connectivity index (χ1n) is 12.9. The maximum atomic E-state index is 13.6. The minimum atomic E-state index is 0.123. The van der Waals surface area contributed by atoms with Crippen molar-refractivity contribution >= 4 is 38.7 Å². The van der Waals surface area contributed by atoms with Gasteiger partial charge in [-0.05, 0) is 22.3 Å². The van der Waals surface area contributed by atoms with Crippen molar-refractivity contribution in [3.8, 4) is 43.4 Å². The Hall–Kier alpha value is -4.59. The van der Waals surface area contributed by atoms with Crippen LogP contribution >= 0.6 is 22.7 Å². The zero-order chi connectivity index (χ0) is 27.5. The van der Waals surface area contributed by atoms with E-state index in [0.717, 1.165) is 54.5 Å². The third kappa shape index (κ3) is 5.30. The first kappa shape index (κ1) is 25.7. The number of hydrogen-bond donors (Lipinski definition) is 2. The van der Waals surface area contributed by atoms with E-state index >= 15 is 0 Å². The van der Waals surface area contributed by atoms with Gasteiger partial charge in [-0.15, -0.1) is 0 Å².